The maximum Gasteiger partial charge on any atom is 0.316 e. The first-order valence-electron chi connectivity index (χ1n) is 9.24. The summed E-state index contributed by atoms with van der Waals surface area (Å²) in [6.07, 6.45) is 5.94. The molecule has 1 aromatic heterocycles. The molecule has 1 unspecified atom stereocenters. The van der Waals surface area contributed by atoms with Crippen molar-refractivity contribution in [3.05, 3.63) is 53.9 Å². The van der Waals surface area contributed by atoms with E-state index in [1.807, 2.05) is 13.0 Å². The van der Waals surface area contributed by atoms with Crippen LogP contribution in [0.4, 0.5) is 0 Å². The predicted octanol–water partition coefficient (Wildman–Crippen LogP) is 1.84. The van der Waals surface area contributed by atoms with Gasteiger partial charge in [-0.1, -0.05) is 25.1 Å². The molecule has 1 saturated heterocycles. The predicted molar refractivity (Wildman–Crippen MR) is 100 cm³/mol. The van der Waals surface area contributed by atoms with Gasteiger partial charge < -0.3 is 15.0 Å². The third kappa shape index (κ3) is 5.26. The SMILES string of the molecule is CCc1cnc(OC2CCCN(C(=O)CNC(=O)c3ccccc3)C2)nc1. The molecule has 1 aliphatic rings. The summed E-state index contributed by atoms with van der Waals surface area (Å²) in [6.45, 7) is 3.15. The molecule has 1 aromatic carbocycles. The molecule has 0 saturated carbocycles. The highest BCUT2D eigenvalue weighted by molar-refractivity contribution is 5.96. The van der Waals surface area contributed by atoms with Crippen molar-refractivity contribution in [1.29, 1.82) is 0 Å². The number of ether oxygens (including phenoxy) is 1. The van der Waals surface area contributed by atoms with E-state index >= 15 is 0 Å². The van der Waals surface area contributed by atoms with Gasteiger partial charge in [-0.15, -0.1) is 0 Å². The molecule has 1 aliphatic heterocycles. The van der Waals surface area contributed by atoms with Crippen molar-refractivity contribution in [1.82, 2.24) is 20.2 Å². The van der Waals surface area contributed by atoms with Gasteiger partial charge in [0.05, 0.1) is 13.1 Å². The van der Waals surface area contributed by atoms with Gasteiger partial charge in [0.1, 0.15) is 6.10 Å². The molecule has 27 heavy (non-hydrogen) atoms. The fourth-order valence-corrected chi connectivity index (χ4v) is 2.96. The number of carbonyl (C=O) groups is 2. The minimum absolute atomic E-state index is 0.0257. The molecule has 0 spiro atoms. The Morgan fingerprint density at radius 1 is 1.22 bits per heavy atom. The molecule has 1 atom stereocenters. The van der Waals surface area contributed by atoms with Crippen LogP contribution in [0, 0.1) is 0 Å². The van der Waals surface area contributed by atoms with Crippen LogP contribution in [0.2, 0.25) is 0 Å². The molecule has 2 heterocycles. The second-order valence-electron chi connectivity index (χ2n) is 6.50. The minimum atomic E-state index is -0.252. The van der Waals surface area contributed by atoms with E-state index in [0.29, 0.717) is 24.7 Å². The molecule has 3 rings (SSSR count). The summed E-state index contributed by atoms with van der Waals surface area (Å²) in [7, 11) is 0. The van der Waals surface area contributed by atoms with E-state index in [1.54, 1.807) is 41.6 Å². The largest absolute Gasteiger partial charge is 0.458 e. The van der Waals surface area contributed by atoms with Gasteiger partial charge in [0.2, 0.25) is 5.91 Å². The first-order chi connectivity index (χ1) is 13.2. The van der Waals surface area contributed by atoms with Crippen LogP contribution >= 0.6 is 0 Å². The number of nitrogens with one attached hydrogen (secondary N) is 1. The lowest BCUT2D eigenvalue weighted by Gasteiger charge is -2.32. The number of rotatable bonds is 6. The Bertz CT molecular complexity index is 765. The molecule has 142 valence electrons. The number of likely N-dealkylation sites (tertiary alicyclic amines) is 1. The highest BCUT2D eigenvalue weighted by atomic mass is 16.5. The lowest BCUT2D eigenvalue weighted by molar-refractivity contribution is -0.132. The summed E-state index contributed by atoms with van der Waals surface area (Å²) in [5.41, 5.74) is 1.59. The Morgan fingerprint density at radius 3 is 2.67 bits per heavy atom. The van der Waals surface area contributed by atoms with Crippen molar-refractivity contribution in [3.8, 4) is 6.01 Å². The van der Waals surface area contributed by atoms with E-state index in [-0.39, 0.29) is 24.5 Å². The van der Waals surface area contributed by atoms with E-state index in [1.165, 1.54) is 0 Å². The molecule has 0 bridgehead atoms. The van der Waals surface area contributed by atoms with Crippen molar-refractivity contribution < 1.29 is 14.3 Å². The van der Waals surface area contributed by atoms with Crippen molar-refractivity contribution in [3.63, 3.8) is 0 Å². The van der Waals surface area contributed by atoms with E-state index in [4.69, 9.17) is 4.74 Å². The second kappa shape index (κ2) is 9.12. The van der Waals surface area contributed by atoms with Crippen LogP contribution in [0.15, 0.2) is 42.7 Å². The molecular weight excluding hydrogens is 344 g/mol. The van der Waals surface area contributed by atoms with Gasteiger partial charge in [0.25, 0.3) is 5.91 Å². The van der Waals surface area contributed by atoms with Gasteiger partial charge in [-0.25, -0.2) is 9.97 Å². The Morgan fingerprint density at radius 2 is 1.96 bits per heavy atom. The Hall–Kier alpha value is -2.96. The zero-order chi connectivity index (χ0) is 19.1. The third-order valence-corrected chi connectivity index (χ3v) is 4.53. The number of benzene rings is 1. The molecule has 1 N–H and O–H groups in total. The molecule has 1 fully saturated rings. The standard InChI is InChI=1S/C20H24N4O3/c1-2-15-11-22-20(23-12-15)27-17-9-6-10-24(14-17)18(25)13-21-19(26)16-7-4-3-5-8-16/h3-5,7-8,11-12,17H,2,6,9-10,13-14H2,1H3,(H,21,26). The minimum Gasteiger partial charge on any atom is -0.458 e. The monoisotopic (exact) mass is 368 g/mol. The summed E-state index contributed by atoms with van der Waals surface area (Å²) < 4.78 is 5.83. The Labute approximate surface area is 158 Å². The first kappa shape index (κ1) is 18.8. The summed E-state index contributed by atoms with van der Waals surface area (Å²) in [5.74, 6) is -0.368. The van der Waals surface area contributed by atoms with Crippen LogP contribution in [0.1, 0.15) is 35.7 Å². The number of amides is 2. The van der Waals surface area contributed by atoms with Gasteiger partial charge in [-0.2, -0.15) is 0 Å². The van der Waals surface area contributed by atoms with E-state index in [0.717, 1.165) is 24.8 Å². The van der Waals surface area contributed by atoms with Crippen LogP contribution < -0.4 is 10.1 Å². The van der Waals surface area contributed by atoms with Crippen LogP contribution in [-0.2, 0) is 11.2 Å². The van der Waals surface area contributed by atoms with Gasteiger partial charge in [-0.3, -0.25) is 9.59 Å². The zero-order valence-electron chi connectivity index (χ0n) is 15.4. The number of nitrogens with zero attached hydrogens (tertiary/aromatic N) is 3. The topological polar surface area (TPSA) is 84.4 Å². The number of hydrogen-bond acceptors (Lipinski definition) is 5. The summed E-state index contributed by atoms with van der Waals surface area (Å²) in [5, 5.41) is 2.68. The van der Waals surface area contributed by atoms with Gasteiger partial charge in [-0.05, 0) is 37.0 Å². The molecule has 0 radical (unpaired) electrons. The highest BCUT2D eigenvalue weighted by Crippen LogP contribution is 2.15. The van der Waals surface area contributed by atoms with E-state index in [9.17, 15) is 9.59 Å². The molecule has 2 amide bonds. The van der Waals surface area contributed by atoms with E-state index < -0.39 is 0 Å². The van der Waals surface area contributed by atoms with E-state index in [2.05, 4.69) is 15.3 Å². The normalized spacial score (nSPS) is 16.6. The lowest BCUT2D eigenvalue weighted by atomic mass is 10.1. The average Bonchev–Trinajstić information content (AvgIpc) is 2.73. The Kier molecular flexibility index (Phi) is 6.35. The lowest BCUT2D eigenvalue weighted by Crippen LogP contribution is -2.48. The first-order valence-corrected chi connectivity index (χ1v) is 9.24. The van der Waals surface area contributed by atoms with Crippen LogP contribution in [0.5, 0.6) is 6.01 Å². The maximum atomic E-state index is 12.4. The van der Waals surface area contributed by atoms with Crippen molar-refractivity contribution in [2.24, 2.45) is 0 Å². The number of carbonyl (C=O) groups excluding carboxylic acids is 2. The fraction of sp³-hybridized carbons (Fsp3) is 0.400. The molecule has 2 aromatic rings. The Balaban J connectivity index is 1.49. The summed E-state index contributed by atoms with van der Waals surface area (Å²) in [4.78, 5) is 34.7. The third-order valence-electron chi connectivity index (χ3n) is 4.53. The van der Waals surface area contributed by atoms with Crippen LogP contribution in [-0.4, -0.2) is 52.4 Å². The van der Waals surface area contributed by atoms with Crippen LogP contribution in [0.3, 0.4) is 0 Å². The smallest absolute Gasteiger partial charge is 0.316 e. The van der Waals surface area contributed by atoms with Crippen LogP contribution in [0.25, 0.3) is 0 Å². The van der Waals surface area contributed by atoms with Gasteiger partial charge in [0.15, 0.2) is 0 Å². The van der Waals surface area contributed by atoms with Crippen molar-refractivity contribution in [2.45, 2.75) is 32.3 Å². The molecule has 0 aliphatic carbocycles. The molecular formula is C20H24N4O3. The fourth-order valence-electron chi connectivity index (χ4n) is 2.96. The highest BCUT2D eigenvalue weighted by Gasteiger charge is 2.25. The van der Waals surface area contributed by atoms with Gasteiger partial charge >= 0.3 is 6.01 Å². The number of piperidine rings is 1. The molecule has 7 nitrogen and oxygen atoms in total. The number of aryl methyl sites for hydroxylation is 1. The summed E-state index contributed by atoms with van der Waals surface area (Å²) >= 11 is 0. The molecule has 7 heteroatoms. The van der Waals surface area contributed by atoms with Crippen molar-refractivity contribution >= 4 is 11.8 Å². The zero-order valence-corrected chi connectivity index (χ0v) is 15.4. The van der Waals surface area contributed by atoms with Crippen molar-refractivity contribution in [2.75, 3.05) is 19.6 Å². The second-order valence-corrected chi connectivity index (χ2v) is 6.50. The maximum absolute atomic E-state index is 12.4. The average molecular weight is 368 g/mol. The number of aromatic nitrogens is 2. The number of hydrogen-bond donors (Lipinski definition) is 1. The quantitative estimate of drug-likeness (QED) is 0.841. The van der Waals surface area contributed by atoms with Gasteiger partial charge in [0, 0.05) is 24.5 Å². The summed E-state index contributed by atoms with van der Waals surface area (Å²) in [6, 6.07) is 9.19.